The minimum absolute atomic E-state index is 0. The summed E-state index contributed by atoms with van der Waals surface area (Å²) in [5, 5.41) is 10.5. The highest BCUT2D eigenvalue weighted by Gasteiger charge is 2.21. The van der Waals surface area contributed by atoms with E-state index >= 15 is 0 Å². The molecule has 0 saturated carbocycles. The van der Waals surface area contributed by atoms with E-state index in [1.807, 2.05) is 41.9 Å². The van der Waals surface area contributed by atoms with Crippen LogP contribution in [0.1, 0.15) is 32.0 Å². The van der Waals surface area contributed by atoms with E-state index < -0.39 is 0 Å². The van der Waals surface area contributed by atoms with Gasteiger partial charge in [-0.1, -0.05) is 39.0 Å². The average molecular weight is 337 g/mol. The van der Waals surface area contributed by atoms with Crippen LogP contribution in [0.25, 0.3) is 5.69 Å². The third kappa shape index (κ3) is 4.56. The van der Waals surface area contributed by atoms with Gasteiger partial charge in [0, 0.05) is 11.5 Å². The van der Waals surface area contributed by atoms with E-state index in [-0.39, 0.29) is 30.3 Å². The topological polar surface area (TPSA) is 59.0 Å². The van der Waals surface area contributed by atoms with Crippen LogP contribution in [0.5, 0.6) is 0 Å². The molecule has 0 spiro atoms. The molecule has 6 heteroatoms. The number of aryl methyl sites for hydroxylation is 1. The summed E-state index contributed by atoms with van der Waals surface area (Å²) in [7, 11) is 1.75. The van der Waals surface area contributed by atoms with Crippen LogP contribution in [0.4, 0.5) is 5.82 Å². The SMILES string of the molecule is CNCC(=O)Nc1cc(C(C)(C)C)nn1-c1ccccc1C.Cl. The lowest BCUT2D eigenvalue weighted by molar-refractivity contribution is -0.115. The molecule has 23 heavy (non-hydrogen) atoms. The summed E-state index contributed by atoms with van der Waals surface area (Å²) in [5.41, 5.74) is 2.93. The minimum Gasteiger partial charge on any atom is -0.311 e. The number of hydrogen-bond acceptors (Lipinski definition) is 3. The summed E-state index contributed by atoms with van der Waals surface area (Å²) in [5.74, 6) is 0.608. The molecule has 1 aromatic carbocycles. The third-order valence-corrected chi connectivity index (χ3v) is 3.43. The first-order chi connectivity index (χ1) is 10.3. The van der Waals surface area contributed by atoms with E-state index in [9.17, 15) is 4.79 Å². The lowest BCUT2D eigenvalue weighted by Gasteiger charge is -2.14. The first-order valence-electron chi connectivity index (χ1n) is 7.44. The van der Waals surface area contributed by atoms with Gasteiger partial charge in [0.25, 0.3) is 0 Å². The number of carbonyl (C=O) groups excluding carboxylic acids is 1. The van der Waals surface area contributed by atoms with Gasteiger partial charge in [-0.15, -0.1) is 12.4 Å². The number of anilines is 1. The Morgan fingerprint density at radius 3 is 2.48 bits per heavy atom. The lowest BCUT2D eigenvalue weighted by atomic mass is 9.92. The Hall–Kier alpha value is -1.85. The molecule has 2 aromatic rings. The van der Waals surface area contributed by atoms with Crippen LogP contribution in [0.2, 0.25) is 0 Å². The minimum atomic E-state index is -0.0869. The summed E-state index contributed by atoms with van der Waals surface area (Å²) in [6.07, 6.45) is 0. The van der Waals surface area contributed by atoms with Crippen LogP contribution in [-0.2, 0) is 10.2 Å². The van der Waals surface area contributed by atoms with Crippen molar-refractivity contribution < 1.29 is 4.79 Å². The zero-order chi connectivity index (χ0) is 16.3. The maximum Gasteiger partial charge on any atom is 0.239 e. The number of hydrogen-bond donors (Lipinski definition) is 2. The van der Waals surface area contributed by atoms with Gasteiger partial charge in [0.2, 0.25) is 5.91 Å². The normalized spacial score (nSPS) is 11.0. The van der Waals surface area contributed by atoms with E-state index in [1.165, 1.54) is 0 Å². The molecule has 0 fully saturated rings. The van der Waals surface area contributed by atoms with Crippen LogP contribution in [-0.4, -0.2) is 29.3 Å². The van der Waals surface area contributed by atoms with Gasteiger partial charge >= 0.3 is 0 Å². The zero-order valence-corrected chi connectivity index (χ0v) is 15.1. The van der Waals surface area contributed by atoms with Gasteiger partial charge in [-0.25, -0.2) is 4.68 Å². The van der Waals surface area contributed by atoms with Crippen LogP contribution >= 0.6 is 12.4 Å². The summed E-state index contributed by atoms with van der Waals surface area (Å²) in [4.78, 5) is 11.9. The smallest absolute Gasteiger partial charge is 0.239 e. The molecule has 1 amide bonds. The van der Waals surface area contributed by atoms with Crippen molar-refractivity contribution in [2.75, 3.05) is 18.9 Å². The molecule has 2 N–H and O–H groups in total. The van der Waals surface area contributed by atoms with Gasteiger partial charge in [0.05, 0.1) is 17.9 Å². The van der Waals surface area contributed by atoms with Crippen LogP contribution < -0.4 is 10.6 Å². The first kappa shape index (κ1) is 19.2. The Morgan fingerprint density at radius 2 is 1.91 bits per heavy atom. The van der Waals surface area contributed by atoms with Gasteiger partial charge in [0.1, 0.15) is 5.82 Å². The Kier molecular flexibility index (Phi) is 6.36. The predicted octanol–water partition coefficient (Wildman–Crippen LogP) is 3.06. The van der Waals surface area contributed by atoms with Crippen molar-refractivity contribution in [1.29, 1.82) is 0 Å². The molecule has 0 unspecified atom stereocenters. The summed E-state index contributed by atoms with van der Waals surface area (Å²) >= 11 is 0. The zero-order valence-electron chi connectivity index (χ0n) is 14.3. The van der Waals surface area contributed by atoms with Crippen molar-refractivity contribution in [3.05, 3.63) is 41.6 Å². The molecule has 0 atom stereocenters. The van der Waals surface area contributed by atoms with Crippen LogP contribution in [0.15, 0.2) is 30.3 Å². The lowest BCUT2D eigenvalue weighted by Crippen LogP contribution is -2.26. The fraction of sp³-hybridized carbons (Fsp3) is 0.412. The maximum absolute atomic E-state index is 11.9. The van der Waals surface area contributed by atoms with Gasteiger partial charge in [0.15, 0.2) is 0 Å². The molecular weight excluding hydrogens is 312 g/mol. The van der Waals surface area contributed by atoms with Crippen molar-refractivity contribution in [1.82, 2.24) is 15.1 Å². The molecule has 0 aliphatic heterocycles. The van der Waals surface area contributed by atoms with Gasteiger partial charge in [-0.3, -0.25) is 4.79 Å². The number of para-hydroxylation sites is 1. The molecule has 0 aliphatic carbocycles. The monoisotopic (exact) mass is 336 g/mol. The number of nitrogens with zero attached hydrogens (tertiary/aromatic N) is 2. The predicted molar refractivity (Wildman–Crippen MR) is 96.8 cm³/mol. The standard InChI is InChI=1S/C17H24N4O.ClH/c1-12-8-6-7-9-13(12)21-15(19-16(22)11-18-5)10-14(20-21)17(2,3)4;/h6-10,18H,11H2,1-5H3,(H,19,22);1H. The Balaban J connectivity index is 0.00000264. The number of likely N-dealkylation sites (N-methyl/N-ethyl adjacent to an activating group) is 1. The van der Waals surface area contributed by atoms with E-state index in [0.717, 1.165) is 16.9 Å². The number of halogens is 1. The van der Waals surface area contributed by atoms with Gasteiger partial charge in [-0.05, 0) is 25.6 Å². The Labute approximate surface area is 143 Å². The summed E-state index contributed by atoms with van der Waals surface area (Å²) in [6.45, 7) is 8.63. The average Bonchev–Trinajstić information content (AvgIpc) is 2.83. The molecule has 1 aromatic heterocycles. The van der Waals surface area contributed by atoms with E-state index in [1.54, 1.807) is 7.05 Å². The van der Waals surface area contributed by atoms with Crippen molar-refractivity contribution in [3.8, 4) is 5.69 Å². The maximum atomic E-state index is 11.9. The largest absolute Gasteiger partial charge is 0.311 e. The molecular formula is C17H25ClN4O. The van der Waals surface area contributed by atoms with Crippen LogP contribution in [0.3, 0.4) is 0 Å². The molecule has 0 saturated heterocycles. The molecule has 1 heterocycles. The van der Waals surface area contributed by atoms with E-state index in [2.05, 4.69) is 31.4 Å². The molecule has 126 valence electrons. The Morgan fingerprint density at radius 1 is 1.26 bits per heavy atom. The summed E-state index contributed by atoms with van der Waals surface area (Å²) < 4.78 is 1.81. The Bertz CT molecular complexity index is 673. The number of amides is 1. The second kappa shape index (κ2) is 7.62. The number of rotatable bonds is 4. The fourth-order valence-electron chi connectivity index (χ4n) is 2.17. The van der Waals surface area contributed by atoms with Crippen LogP contribution in [0, 0.1) is 6.92 Å². The van der Waals surface area contributed by atoms with Gasteiger partial charge < -0.3 is 10.6 Å². The first-order valence-corrected chi connectivity index (χ1v) is 7.44. The van der Waals surface area contributed by atoms with E-state index in [4.69, 9.17) is 5.10 Å². The molecule has 0 aliphatic rings. The molecule has 2 rings (SSSR count). The van der Waals surface area contributed by atoms with Gasteiger partial charge in [-0.2, -0.15) is 5.10 Å². The van der Waals surface area contributed by atoms with Crippen molar-refractivity contribution in [2.45, 2.75) is 33.1 Å². The van der Waals surface area contributed by atoms with E-state index in [0.29, 0.717) is 5.82 Å². The number of benzene rings is 1. The van der Waals surface area contributed by atoms with Crippen molar-refractivity contribution in [3.63, 3.8) is 0 Å². The molecule has 0 bridgehead atoms. The second-order valence-corrected chi connectivity index (χ2v) is 6.44. The number of nitrogens with one attached hydrogen (secondary N) is 2. The molecule has 5 nitrogen and oxygen atoms in total. The third-order valence-electron chi connectivity index (χ3n) is 3.43. The highest BCUT2D eigenvalue weighted by molar-refractivity contribution is 5.91. The second-order valence-electron chi connectivity index (χ2n) is 6.44. The fourth-order valence-corrected chi connectivity index (χ4v) is 2.17. The summed E-state index contributed by atoms with van der Waals surface area (Å²) in [6, 6.07) is 9.95. The quantitative estimate of drug-likeness (QED) is 0.902. The highest BCUT2D eigenvalue weighted by Crippen LogP contribution is 2.27. The number of aromatic nitrogens is 2. The number of carbonyl (C=O) groups is 1. The van der Waals surface area contributed by atoms with Crippen molar-refractivity contribution >= 4 is 24.1 Å². The highest BCUT2D eigenvalue weighted by atomic mass is 35.5. The van der Waals surface area contributed by atoms with Crippen molar-refractivity contribution in [2.24, 2.45) is 0 Å². The molecule has 0 radical (unpaired) electrons.